The Morgan fingerprint density at radius 3 is 2.77 bits per heavy atom. The van der Waals surface area contributed by atoms with Crippen molar-refractivity contribution in [1.82, 2.24) is 4.90 Å². The predicted molar refractivity (Wildman–Crippen MR) is 77.4 cm³/mol. The van der Waals surface area contributed by atoms with E-state index in [4.69, 9.17) is 13.9 Å². The highest BCUT2D eigenvalue weighted by molar-refractivity contribution is 5.95. The van der Waals surface area contributed by atoms with Crippen LogP contribution in [0.3, 0.4) is 0 Å². The number of methoxy groups -OCH3 is 1. The van der Waals surface area contributed by atoms with Gasteiger partial charge in [0.15, 0.2) is 6.10 Å². The Balaban J connectivity index is 1.84. The molecule has 0 aromatic carbocycles. The molecule has 6 heteroatoms. The van der Waals surface area contributed by atoms with Crippen molar-refractivity contribution in [2.45, 2.75) is 57.4 Å². The molecule has 2 aliphatic rings. The van der Waals surface area contributed by atoms with Crippen molar-refractivity contribution >= 4 is 11.9 Å². The van der Waals surface area contributed by atoms with E-state index in [9.17, 15) is 9.59 Å². The van der Waals surface area contributed by atoms with Crippen LogP contribution in [0.15, 0.2) is 16.7 Å². The Labute approximate surface area is 129 Å². The largest absolute Gasteiger partial charge is 0.469 e. The molecular formula is C16H21NO5. The van der Waals surface area contributed by atoms with Gasteiger partial charge in [0.2, 0.25) is 0 Å². The molecule has 0 aliphatic carbocycles. The van der Waals surface area contributed by atoms with Crippen LogP contribution in [0.25, 0.3) is 0 Å². The molecule has 0 spiro atoms. The normalized spacial score (nSPS) is 31.0. The number of esters is 1. The van der Waals surface area contributed by atoms with Crippen molar-refractivity contribution < 1.29 is 23.5 Å². The van der Waals surface area contributed by atoms with E-state index in [1.54, 1.807) is 13.0 Å². The zero-order chi connectivity index (χ0) is 15.9. The SMILES string of the molecule is COC(=O)C1CC2C(CCC(C)N2C(=O)c2ccoc2C)O1. The molecular weight excluding hydrogens is 286 g/mol. The van der Waals surface area contributed by atoms with Crippen LogP contribution in [0, 0.1) is 6.92 Å². The van der Waals surface area contributed by atoms with Crippen LogP contribution in [0.2, 0.25) is 0 Å². The molecule has 22 heavy (non-hydrogen) atoms. The Morgan fingerprint density at radius 1 is 1.36 bits per heavy atom. The highest BCUT2D eigenvalue weighted by atomic mass is 16.6. The van der Waals surface area contributed by atoms with E-state index in [1.165, 1.54) is 13.4 Å². The first kappa shape index (κ1) is 15.1. The van der Waals surface area contributed by atoms with Gasteiger partial charge in [-0.05, 0) is 32.8 Å². The van der Waals surface area contributed by atoms with Gasteiger partial charge in [-0.25, -0.2) is 4.79 Å². The molecule has 2 fully saturated rings. The molecule has 0 saturated carbocycles. The molecule has 2 saturated heterocycles. The fraction of sp³-hybridized carbons (Fsp3) is 0.625. The van der Waals surface area contributed by atoms with Crippen LogP contribution in [0.5, 0.6) is 0 Å². The van der Waals surface area contributed by atoms with E-state index in [0.717, 1.165) is 12.8 Å². The van der Waals surface area contributed by atoms with E-state index in [2.05, 4.69) is 0 Å². The summed E-state index contributed by atoms with van der Waals surface area (Å²) in [7, 11) is 1.36. The van der Waals surface area contributed by atoms with Crippen LogP contribution in [0.1, 0.15) is 42.3 Å². The van der Waals surface area contributed by atoms with Gasteiger partial charge in [0.1, 0.15) is 5.76 Å². The summed E-state index contributed by atoms with van der Waals surface area (Å²) < 4.78 is 15.8. The quantitative estimate of drug-likeness (QED) is 0.781. The molecule has 4 unspecified atom stereocenters. The number of piperidine rings is 1. The number of carbonyl (C=O) groups excluding carboxylic acids is 2. The number of furan rings is 1. The number of nitrogens with zero attached hydrogens (tertiary/aromatic N) is 1. The van der Waals surface area contributed by atoms with E-state index in [0.29, 0.717) is 17.7 Å². The van der Waals surface area contributed by atoms with Crippen molar-refractivity contribution in [1.29, 1.82) is 0 Å². The summed E-state index contributed by atoms with van der Waals surface area (Å²) in [6.07, 6.45) is 3.05. The smallest absolute Gasteiger partial charge is 0.335 e. The lowest BCUT2D eigenvalue weighted by Gasteiger charge is -2.41. The lowest BCUT2D eigenvalue weighted by Crippen LogP contribution is -2.53. The molecule has 1 aromatic rings. The van der Waals surface area contributed by atoms with Crippen LogP contribution >= 0.6 is 0 Å². The second-order valence-electron chi connectivity index (χ2n) is 6.02. The Morgan fingerprint density at radius 2 is 2.14 bits per heavy atom. The molecule has 120 valence electrons. The molecule has 6 nitrogen and oxygen atoms in total. The lowest BCUT2D eigenvalue weighted by atomic mass is 9.92. The monoisotopic (exact) mass is 307 g/mol. The maximum Gasteiger partial charge on any atom is 0.335 e. The first-order valence-corrected chi connectivity index (χ1v) is 7.63. The lowest BCUT2D eigenvalue weighted by molar-refractivity contribution is -0.153. The number of fused-ring (bicyclic) bond motifs is 1. The number of likely N-dealkylation sites (tertiary alicyclic amines) is 1. The third kappa shape index (κ3) is 2.41. The zero-order valence-corrected chi connectivity index (χ0v) is 13.1. The highest BCUT2D eigenvalue weighted by Gasteiger charge is 2.48. The van der Waals surface area contributed by atoms with Crippen LogP contribution in [-0.4, -0.2) is 48.2 Å². The summed E-state index contributed by atoms with van der Waals surface area (Å²) in [5, 5.41) is 0. The molecule has 0 N–H and O–H groups in total. The summed E-state index contributed by atoms with van der Waals surface area (Å²) in [5.74, 6) is 0.194. The van der Waals surface area contributed by atoms with Crippen molar-refractivity contribution in [3.8, 4) is 0 Å². The minimum absolute atomic E-state index is 0.0532. The molecule has 0 radical (unpaired) electrons. The Kier molecular flexibility index (Phi) is 3.95. The topological polar surface area (TPSA) is 69.0 Å². The Hall–Kier alpha value is -1.82. The van der Waals surface area contributed by atoms with Gasteiger partial charge in [-0.3, -0.25) is 4.79 Å². The maximum atomic E-state index is 12.9. The number of amides is 1. The van der Waals surface area contributed by atoms with Crippen molar-refractivity contribution in [3.05, 3.63) is 23.7 Å². The average Bonchev–Trinajstić information content (AvgIpc) is 3.11. The fourth-order valence-electron chi connectivity index (χ4n) is 3.53. The molecule has 2 aliphatic heterocycles. The second kappa shape index (κ2) is 5.76. The van der Waals surface area contributed by atoms with Gasteiger partial charge < -0.3 is 18.8 Å². The van der Waals surface area contributed by atoms with Gasteiger partial charge >= 0.3 is 5.97 Å². The van der Waals surface area contributed by atoms with Gasteiger partial charge in [-0.2, -0.15) is 0 Å². The molecule has 1 aromatic heterocycles. The molecule has 3 rings (SSSR count). The van der Waals surface area contributed by atoms with Crippen molar-refractivity contribution in [2.24, 2.45) is 0 Å². The number of ether oxygens (including phenoxy) is 2. The predicted octanol–water partition coefficient (Wildman–Crippen LogP) is 1.91. The van der Waals surface area contributed by atoms with Crippen LogP contribution in [-0.2, 0) is 14.3 Å². The van der Waals surface area contributed by atoms with Crippen LogP contribution in [0.4, 0.5) is 0 Å². The molecule has 0 bridgehead atoms. The van der Waals surface area contributed by atoms with E-state index >= 15 is 0 Å². The van der Waals surface area contributed by atoms with Crippen molar-refractivity contribution in [2.75, 3.05) is 7.11 Å². The minimum atomic E-state index is -0.578. The number of hydrogen-bond donors (Lipinski definition) is 0. The maximum absolute atomic E-state index is 12.9. The van der Waals surface area contributed by atoms with E-state index in [1.807, 2.05) is 11.8 Å². The van der Waals surface area contributed by atoms with E-state index in [-0.39, 0.29) is 30.1 Å². The van der Waals surface area contributed by atoms with Gasteiger partial charge in [-0.15, -0.1) is 0 Å². The van der Waals surface area contributed by atoms with E-state index < -0.39 is 6.10 Å². The third-order valence-electron chi connectivity index (χ3n) is 4.71. The van der Waals surface area contributed by atoms with Gasteiger partial charge in [0, 0.05) is 12.5 Å². The number of rotatable bonds is 2. The van der Waals surface area contributed by atoms with Gasteiger partial charge in [0.25, 0.3) is 5.91 Å². The van der Waals surface area contributed by atoms with Gasteiger partial charge in [-0.1, -0.05) is 0 Å². The molecule has 3 heterocycles. The second-order valence-corrected chi connectivity index (χ2v) is 6.02. The third-order valence-corrected chi connectivity index (χ3v) is 4.71. The Bertz CT molecular complexity index is 581. The average molecular weight is 307 g/mol. The first-order valence-electron chi connectivity index (χ1n) is 7.63. The van der Waals surface area contributed by atoms with Gasteiger partial charge in [0.05, 0.1) is 31.1 Å². The number of hydrogen-bond acceptors (Lipinski definition) is 5. The zero-order valence-electron chi connectivity index (χ0n) is 13.1. The molecule has 1 amide bonds. The summed E-state index contributed by atoms with van der Waals surface area (Å²) >= 11 is 0. The summed E-state index contributed by atoms with van der Waals surface area (Å²) in [5.41, 5.74) is 0.578. The summed E-state index contributed by atoms with van der Waals surface area (Å²) in [6, 6.07) is 1.72. The van der Waals surface area contributed by atoms with Crippen LogP contribution < -0.4 is 0 Å². The fourth-order valence-corrected chi connectivity index (χ4v) is 3.53. The highest BCUT2D eigenvalue weighted by Crippen LogP contribution is 2.36. The standard InChI is InChI=1S/C16H21NO5/c1-9-4-5-13-12(8-14(22-13)16(19)20-3)17(9)15(18)11-6-7-21-10(11)2/h6-7,9,12-14H,4-5,8H2,1-3H3. The number of aryl methyl sites for hydroxylation is 1. The molecule has 4 atom stereocenters. The number of carbonyl (C=O) groups is 2. The summed E-state index contributed by atoms with van der Waals surface area (Å²) in [6.45, 7) is 3.82. The first-order chi connectivity index (χ1) is 10.5. The van der Waals surface area contributed by atoms with Crippen molar-refractivity contribution in [3.63, 3.8) is 0 Å². The minimum Gasteiger partial charge on any atom is -0.469 e. The summed E-state index contributed by atoms with van der Waals surface area (Å²) in [4.78, 5) is 26.5.